The van der Waals surface area contributed by atoms with E-state index in [1.807, 2.05) is 12.3 Å². The topological polar surface area (TPSA) is 41.8 Å². The van der Waals surface area contributed by atoms with Crippen LogP contribution in [0, 0.1) is 6.92 Å². The number of aryl methyl sites for hydroxylation is 1. The minimum Gasteiger partial charge on any atom is -0.364 e. The molecule has 2 rings (SSSR count). The Morgan fingerprint density at radius 1 is 1.20 bits per heavy atom. The van der Waals surface area contributed by atoms with Crippen molar-refractivity contribution in [2.45, 2.75) is 12.8 Å². The van der Waals surface area contributed by atoms with Gasteiger partial charge in [-0.3, -0.25) is 0 Å². The van der Waals surface area contributed by atoms with Gasteiger partial charge in [-0.15, -0.1) is 0 Å². The van der Waals surface area contributed by atoms with E-state index in [0.717, 1.165) is 0 Å². The van der Waals surface area contributed by atoms with Gasteiger partial charge in [-0.2, -0.15) is 0 Å². The van der Waals surface area contributed by atoms with Crippen molar-refractivity contribution in [3.8, 4) is 0 Å². The van der Waals surface area contributed by atoms with Gasteiger partial charge >= 0.3 is 0 Å². The number of aromatic amines is 1. The summed E-state index contributed by atoms with van der Waals surface area (Å²) in [6.45, 7) is 2.76. The minimum atomic E-state index is 0.279. The van der Waals surface area contributed by atoms with Crippen LogP contribution in [-0.2, 0) is 0 Å². The van der Waals surface area contributed by atoms with Crippen LogP contribution in [0.2, 0.25) is 0 Å². The van der Waals surface area contributed by atoms with Crippen LogP contribution >= 0.6 is 0 Å². The summed E-state index contributed by atoms with van der Waals surface area (Å²) in [7, 11) is 0. The van der Waals surface area contributed by atoms with E-state index >= 15 is 0 Å². The Morgan fingerprint density at radius 2 is 2.00 bits per heavy atom. The highest BCUT2D eigenvalue weighted by atomic mass is 14.7. The van der Waals surface area contributed by atoms with Gasteiger partial charge in [0, 0.05) is 24.4 Å². The number of nitrogens with two attached hydrogens (primary N) is 1. The Labute approximate surface area is 90.1 Å². The fourth-order valence-corrected chi connectivity index (χ4v) is 1.96. The predicted molar refractivity (Wildman–Crippen MR) is 62.9 cm³/mol. The third-order valence-corrected chi connectivity index (χ3v) is 2.80. The maximum absolute atomic E-state index is 5.84. The number of rotatable bonds is 3. The summed E-state index contributed by atoms with van der Waals surface area (Å²) in [6.07, 6.45) is 1.94. The summed E-state index contributed by atoms with van der Waals surface area (Å²) in [5.74, 6) is 0.279. The maximum atomic E-state index is 5.84. The molecule has 1 unspecified atom stereocenters. The van der Waals surface area contributed by atoms with Crippen LogP contribution in [-0.4, -0.2) is 11.5 Å². The number of hydrogen-bond donors (Lipinski definition) is 2. The molecule has 0 aliphatic carbocycles. The first kappa shape index (κ1) is 9.99. The summed E-state index contributed by atoms with van der Waals surface area (Å²) in [5, 5.41) is 0. The lowest BCUT2D eigenvalue weighted by Gasteiger charge is -2.16. The lowest BCUT2D eigenvalue weighted by Crippen LogP contribution is -2.15. The Morgan fingerprint density at radius 3 is 2.60 bits per heavy atom. The highest BCUT2D eigenvalue weighted by Gasteiger charge is 2.14. The van der Waals surface area contributed by atoms with Gasteiger partial charge in [0.25, 0.3) is 0 Å². The molecule has 0 aliphatic heterocycles. The van der Waals surface area contributed by atoms with Crippen LogP contribution in [0.5, 0.6) is 0 Å². The summed E-state index contributed by atoms with van der Waals surface area (Å²) in [6, 6.07) is 12.5. The molecule has 1 atom stereocenters. The van der Waals surface area contributed by atoms with Gasteiger partial charge in [0.05, 0.1) is 0 Å². The second-order valence-corrected chi connectivity index (χ2v) is 3.77. The first-order valence-corrected chi connectivity index (χ1v) is 5.22. The van der Waals surface area contributed by atoms with Crippen molar-refractivity contribution in [2.75, 3.05) is 6.54 Å². The van der Waals surface area contributed by atoms with Gasteiger partial charge in [0.2, 0.25) is 0 Å². The van der Waals surface area contributed by atoms with E-state index in [1.54, 1.807) is 0 Å². The van der Waals surface area contributed by atoms with E-state index < -0.39 is 0 Å². The molecule has 1 aromatic heterocycles. The van der Waals surface area contributed by atoms with Crippen molar-refractivity contribution in [3.63, 3.8) is 0 Å². The summed E-state index contributed by atoms with van der Waals surface area (Å²) in [4.78, 5) is 3.23. The van der Waals surface area contributed by atoms with Gasteiger partial charge < -0.3 is 10.7 Å². The van der Waals surface area contributed by atoms with Crippen LogP contribution < -0.4 is 5.73 Å². The van der Waals surface area contributed by atoms with Crippen molar-refractivity contribution >= 4 is 0 Å². The van der Waals surface area contributed by atoms with E-state index in [9.17, 15) is 0 Å². The largest absolute Gasteiger partial charge is 0.364 e. The predicted octanol–water partition coefficient (Wildman–Crippen LogP) is 2.41. The van der Waals surface area contributed by atoms with Gasteiger partial charge in [0.1, 0.15) is 0 Å². The van der Waals surface area contributed by atoms with Crippen molar-refractivity contribution < 1.29 is 0 Å². The summed E-state index contributed by atoms with van der Waals surface area (Å²) < 4.78 is 0. The summed E-state index contributed by atoms with van der Waals surface area (Å²) >= 11 is 0. The average molecular weight is 200 g/mol. The Balaban J connectivity index is 2.40. The normalized spacial score (nSPS) is 12.7. The molecule has 0 radical (unpaired) electrons. The molecule has 0 spiro atoms. The molecule has 2 nitrogen and oxygen atoms in total. The maximum Gasteiger partial charge on any atom is 0.0366 e. The highest BCUT2D eigenvalue weighted by Crippen LogP contribution is 2.24. The molecular weight excluding hydrogens is 184 g/mol. The molecule has 3 N–H and O–H groups in total. The number of benzene rings is 1. The van der Waals surface area contributed by atoms with Gasteiger partial charge in [0.15, 0.2) is 0 Å². The Kier molecular flexibility index (Phi) is 2.88. The van der Waals surface area contributed by atoms with E-state index in [0.29, 0.717) is 6.54 Å². The molecule has 0 fully saturated rings. The van der Waals surface area contributed by atoms with Crippen molar-refractivity contribution in [2.24, 2.45) is 5.73 Å². The zero-order valence-electron chi connectivity index (χ0n) is 8.90. The Bertz CT molecular complexity index is 418. The zero-order chi connectivity index (χ0) is 10.7. The molecule has 0 bridgehead atoms. The molecule has 0 saturated carbocycles. The Hall–Kier alpha value is -1.54. The number of aromatic nitrogens is 1. The third kappa shape index (κ3) is 1.95. The van der Waals surface area contributed by atoms with Crippen molar-refractivity contribution in [3.05, 3.63) is 59.4 Å². The van der Waals surface area contributed by atoms with Gasteiger partial charge in [-0.05, 0) is 30.2 Å². The van der Waals surface area contributed by atoms with Crippen molar-refractivity contribution in [1.29, 1.82) is 0 Å². The smallest absolute Gasteiger partial charge is 0.0366 e. The number of nitrogens with one attached hydrogen (secondary N) is 1. The zero-order valence-corrected chi connectivity index (χ0v) is 8.90. The number of H-pyrrole nitrogens is 1. The fraction of sp³-hybridized carbons (Fsp3) is 0.231. The highest BCUT2D eigenvalue weighted by molar-refractivity contribution is 5.35. The standard InChI is InChI=1S/C13H16N2/c1-10-5-2-3-6-11(10)12(9-14)13-7-4-8-15-13/h2-8,12,15H,9,14H2,1H3. The van der Waals surface area contributed by atoms with E-state index in [2.05, 4.69) is 42.2 Å². The lowest BCUT2D eigenvalue weighted by molar-refractivity contribution is 0.788. The molecule has 0 saturated heterocycles. The molecule has 78 valence electrons. The van der Waals surface area contributed by atoms with Gasteiger partial charge in [-0.1, -0.05) is 24.3 Å². The lowest BCUT2D eigenvalue weighted by atomic mass is 9.92. The first-order chi connectivity index (χ1) is 7.33. The van der Waals surface area contributed by atoms with Crippen molar-refractivity contribution in [1.82, 2.24) is 4.98 Å². The second-order valence-electron chi connectivity index (χ2n) is 3.77. The van der Waals surface area contributed by atoms with Crippen LogP contribution in [0.4, 0.5) is 0 Å². The monoisotopic (exact) mass is 200 g/mol. The van der Waals surface area contributed by atoms with Crippen LogP contribution in [0.15, 0.2) is 42.6 Å². The van der Waals surface area contributed by atoms with Crippen LogP contribution in [0.1, 0.15) is 22.7 Å². The van der Waals surface area contributed by atoms with Crippen LogP contribution in [0.3, 0.4) is 0 Å². The SMILES string of the molecule is Cc1ccccc1C(CN)c1ccc[nH]1. The first-order valence-electron chi connectivity index (χ1n) is 5.22. The molecular formula is C13H16N2. The fourth-order valence-electron chi connectivity index (χ4n) is 1.96. The van der Waals surface area contributed by atoms with E-state index in [-0.39, 0.29) is 5.92 Å². The molecule has 15 heavy (non-hydrogen) atoms. The molecule has 2 heteroatoms. The average Bonchev–Trinajstić information content (AvgIpc) is 2.75. The molecule has 1 heterocycles. The second kappa shape index (κ2) is 4.32. The van der Waals surface area contributed by atoms with Crippen LogP contribution in [0.25, 0.3) is 0 Å². The molecule has 1 aromatic carbocycles. The van der Waals surface area contributed by atoms with Gasteiger partial charge in [-0.25, -0.2) is 0 Å². The quantitative estimate of drug-likeness (QED) is 0.785. The minimum absolute atomic E-state index is 0.279. The van der Waals surface area contributed by atoms with E-state index in [4.69, 9.17) is 5.73 Å². The molecule has 2 aromatic rings. The molecule has 0 aliphatic rings. The number of hydrogen-bond acceptors (Lipinski definition) is 1. The third-order valence-electron chi connectivity index (χ3n) is 2.80. The summed E-state index contributed by atoms with van der Waals surface area (Å²) in [5.41, 5.74) is 9.63. The molecule has 0 amide bonds. The van der Waals surface area contributed by atoms with E-state index in [1.165, 1.54) is 16.8 Å².